The quantitative estimate of drug-likeness (QED) is 0.409. The molecular weight excluding hydrogens is 228 g/mol. The first-order chi connectivity index (χ1) is 8.45. The highest BCUT2D eigenvalue weighted by molar-refractivity contribution is 5.11. The van der Waals surface area contributed by atoms with E-state index in [1.807, 2.05) is 13.8 Å². The van der Waals surface area contributed by atoms with Crippen molar-refractivity contribution >= 4 is 0 Å². The number of rotatable bonds is 6. The van der Waals surface area contributed by atoms with Gasteiger partial charge in [0.05, 0.1) is 12.4 Å². The maximum absolute atomic E-state index is 6.00. The van der Waals surface area contributed by atoms with Crippen molar-refractivity contribution in [2.45, 2.75) is 59.7 Å². The number of hydrogen-bond donors (Lipinski definition) is 0. The van der Waals surface area contributed by atoms with Gasteiger partial charge < -0.3 is 14.2 Å². The molecule has 3 heteroatoms. The van der Waals surface area contributed by atoms with E-state index in [2.05, 4.69) is 33.4 Å². The van der Waals surface area contributed by atoms with Gasteiger partial charge in [0.15, 0.2) is 12.6 Å². The Morgan fingerprint density at radius 1 is 1.33 bits per heavy atom. The van der Waals surface area contributed by atoms with Crippen molar-refractivity contribution in [3.63, 3.8) is 0 Å². The van der Waals surface area contributed by atoms with Crippen LogP contribution < -0.4 is 0 Å². The zero-order valence-electron chi connectivity index (χ0n) is 12.2. The minimum absolute atomic E-state index is 0.139. The third-order valence-corrected chi connectivity index (χ3v) is 3.64. The maximum Gasteiger partial charge on any atom is 0.198 e. The Kier molecular flexibility index (Phi) is 5.89. The first kappa shape index (κ1) is 15.3. The molecule has 0 amide bonds. The molecule has 0 fully saturated rings. The summed E-state index contributed by atoms with van der Waals surface area (Å²) in [6, 6.07) is 0. The Bertz CT molecular complexity index is 298. The van der Waals surface area contributed by atoms with Gasteiger partial charge in [-0.1, -0.05) is 26.5 Å². The fourth-order valence-electron chi connectivity index (χ4n) is 2.32. The van der Waals surface area contributed by atoms with Crippen LogP contribution in [-0.2, 0) is 14.2 Å². The molecule has 0 saturated heterocycles. The van der Waals surface area contributed by atoms with Crippen molar-refractivity contribution in [2.24, 2.45) is 11.8 Å². The first-order valence-corrected chi connectivity index (χ1v) is 6.69. The maximum atomic E-state index is 6.00. The third-order valence-electron chi connectivity index (χ3n) is 3.64. The molecule has 0 radical (unpaired) electrons. The van der Waals surface area contributed by atoms with Gasteiger partial charge in [0.2, 0.25) is 0 Å². The summed E-state index contributed by atoms with van der Waals surface area (Å²) in [7, 11) is 0. The van der Waals surface area contributed by atoms with E-state index in [1.54, 1.807) is 0 Å². The van der Waals surface area contributed by atoms with E-state index in [4.69, 9.17) is 14.2 Å². The standard InChI is InChI=1S/C15H26O3/c1-7-16-13(5)17-14(6)18-15-11(3)9-8-10(2)12(15)4/h7,9-10,12-15H,1,8H2,2-6H3/t10?,12?,13?,14?,15-/m1/s1. The molecule has 1 aliphatic carbocycles. The van der Waals surface area contributed by atoms with Gasteiger partial charge in [-0.3, -0.25) is 0 Å². The monoisotopic (exact) mass is 254 g/mol. The molecule has 1 rings (SSSR count). The lowest BCUT2D eigenvalue weighted by molar-refractivity contribution is -0.233. The predicted octanol–water partition coefficient (Wildman–Crippen LogP) is 3.86. The van der Waals surface area contributed by atoms with Gasteiger partial charge in [-0.15, -0.1) is 0 Å². The zero-order valence-corrected chi connectivity index (χ0v) is 12.2. The molecule has 0 heterocycles. The van der Waals surface area contributed by atoms with Crippen molar-refractivity contribution < 1.29 is 14.2 Å². The molecular formula is C15H26O3. The van der Waals surface area contributed by atoms with E-state index >= 15 is 0 Å². The smallest absolute Gasteiger partial charge is 0.198 e. The van der Waals surface area contributed by atoms with Gasteiger partial charge in [0.25, 0.3) is 0 Å². The van der Waals surface area contributed by atoms with Crippen LogP contribution in [0.5, 0.6) is 0 Å². The average Bonchev–Trinajstić information content (AvgIpc) is 2.30. The van der Waals surface area contributed by atoms with E-state index in [0.29, 0.717) is 11.8 Å². The van der Waals surface area contributed by atoms with Crippen molar-refractivity contribution in [3.8, 4) is 0 Å². The van der Waals surface area contributed by atoms with Crippen molar-refractivity contribution in [1.29, 1.82) is 0 Å². The fourth-order valence-corrected chi connectivity index (χ4v) is 2.32. The summed E-state index contributed by atoms with van der Waals surface area (Å²) >= 11 is 0. The Morgan fingerprint density at radius 3 is 2.61 bits per heavy atom. The highest BCUT2D eigenvalue weighted by Crippen LogP contribution is 2.32. The summed E-state index contributed by atoms with van der Waals surface area (Å²) in [5.41, 5.74) is 1.30. The van der Waals surface area contributed by atoms with E-state index in [-0.39, 0.29) is 18.7 Å². The van der Waals surface area contributed by atoms with Crippen molar-refractivity contribution in [3.05, 3.63) is 24.5 Å². The van der Waals surface area contributed by atoms with Gasteiger partial charge in [-0.2, -0.15) is 0 Å². The summed E-state index contributed by atoms with van der Waals surface area (Å²) in [5.74, 6) is 1.16. The Morgan fingerprint density at radius 2 is 2.00 bits per heavy atom. The lowest BCUT2D eigenvalue weighted by atomic mass is 9.80. The molecule has 0 N–H and O–H groups in total. The second-order valence-corrected chi connectivity index (χ2v) is 5.15. The Labute approximate surface area is 111 Å². The molecule has 0 aromatic carbocycles. The molecule has 5 atom stereocenters. The summed E-state index contributed by atoms with van der Waals surface area (Å²) in [6.07, 6.45) is 4.30. The minimum Gasteiger partial charge on any atom is -0.473 e. The number of hydrogen-bond acceptors (Lipinski definition) is 3. The fraction of sp³-hybridized carbons (Fsp3) is 0.733. The van der Waals surface area contributed by atoms with E-state index in [9.17, 15) is 0 Å². The molecule has 0 spiro atoms. The van der Waals surface area contributed by atoms with E-state index in [0.717, 1.165) is 6.42 Å². The second-order valence-electron chi connectivity index (χ2n) is 5.15. The van der Waals surface area contributed by atoms with Gasteiger partial charge >= 0.3 is 0 Å². The van der Waals surface area contributed by atoms with Crippen LogP contribution >= 0.6 is 0 Å². The van der Waals surface area contributed by atoms with Crippen molar-refractivity contribution in [2.75, 3.05) is 0 Å². The molecule has 0 aromatic heterocycles. The molecule has 3 nitrogen and oxygen atoms in total. The van der Waals surface area contributed by atoms with Crippen molar-refractivity contribution in [1.82, 2.24) is 0 Å². The summed E-state index contributed by atoms with van der Waals surface area (Å²) in [5, 5.41) is 0. The van der Waals surface area contributed by atoms with Crippen LogP contribution in [0.15, 0.2) is 24.5 Å². The summed E-state index contributed by atoms with van der Waals surface area (Å²) in [4.78, 5) is 0. The third kappa shape index (κ3) is 4.14. The Balaban J connectivity index is 2.52. The summed E-state index contributed by atoms with van der Waals surface area (Å²) in [6.45, 7) is 13.9. The Hall–Kier alpha value is -0.800. The molecule has 0 aliphatic heterocycles. The summed E-state index contributed by atoms with van der Waals surface area (Å²) < 4.78 is 16.7. The van der Waals surface area contributed by atoms with Crippen LogP contribution in [-0.4, -0.2) is 18.7 Å². The van der Waals surface area contributed by atoms with Gasteiger partial charge in [0, 0.05) is 0 Å². The van der Waals surface area contributed by atoms with Gasteiger partial charge in [-0.25, -0.2) is 0 Å². The average molecular weight is 254 g/mol. The topological polar surface area (TPSA) is 27.7 Å². The normalized spacial score (nSPS) is 31.4. The van der Waals surface area contributed by atoms with Crippen LogP contribution in [0, 0.1) is 11.8 Å². The van der Waals surface area contributed by atoms with Crippen LogP contribution in [0.25, 0.3) is 0 Å². The first-order valence-electron chi connectivity index (χ1n) is 6.69. The lowest BCUT2D eigenvalue weighted by Crippen LogP contribution is -2.35. The molecule has 104 valence electrons. The van der Waals surface area contributed by atoms with E-state index in [1.165, 1.54) is 11.8 Å². The largest absolute Gasteiger partial charge is 0.473 e. The van der Waals surface area contributed by atoms with Gasteiger partial charge in [0.1, 0.15) is 0 Å². The second kappa shape index (κ2) is 6.95. The lowest BCUT2D eigenvalue weighted by Gasteiger charge is -2.35. The highest BCUT2D eigenvalue weighted by Gasteiger charge is 2.29. The highest BCUT2D eigenvalue weighted by atomic mass is 16.8. The van der Waals surface area contributed by atoms with Crippen LogP contribution in [0.2, 0.25) is 0 Å². The zero-order chi connectivity index (χ0) is 13.7. The van der Waals surface area contributed by atoms with Crippen LogP contribution in [0.1, 0.15) is 41.0 Å². The number of ether oxygens (including phenoxy) is 3. The molecule has 0 bridgehead atoms. The van der Waals surface area contributed by atoms with Crippen LogP contribution in [0.4, 0.5) is 0 Å². The SMILES string of the molecule is C=COC(C)OC(C)O[C@@H]1C(C)=CCC(C)C1C. The minimum atomic E-state index is -0.335. The molecule has 1 aliphatic rings. The molecule has 4 unspecified atom stereocenters. The van der Waals surface area contributed by atoms with E-state index < -0.39 is 0 Å². The van der Waals surface area contributed by atoms with Gasteiger partial charge in [-0.05, 0) is 44.6 Å². The molecule has 0 saturated carbocycles. The predicted molar refractivity (Wildman–Crippen MR) is 72.9 cm³/mol. The van der Waals surface area contributed by atoms with Crippen LogP contribution in [0.3, 0.4) is 0 Å². The number of allylic oxidation sites excluding steroid dienone is 1. The molecule has 0 aromatic rings. The molecule has 18 heavy (non-hydrogen) atoms.